The first kappa shape index (κ1) is 15.7. The monoisotopic (exact) mass is 330 g/mol. The summed E-state index contributed by atoms with van der Waals surface area (Å²) < 4.78 is 11.3. The van der Waals surface area contributed by atoms with Gasteiger partial charge in [-0.1, -0.05) is 5.16 Å². The highest BCUT2D eigenvalue weighted by Crippen LogP contribution is 2.42. The molecule has 1 saturated carbocycles. The van der Waals surface area contributed by atoms with E-state index in [2.05, 4.69) is 20.0 Å². The molecule has 1 saturated heterocycles. The molecule has 3 heterocycles. The van der Waals surface area contributed by atoms with Gasteiger partial charge in [0.2, 0.25) is 11.7 Å². The van der Waals surface area contributed by atoms with Gasteiger partial charge in [0.15, 0.2) is 0 Å². The van der Waals surface area contributed by atoms with Crippen LogP contribution in [0.2, 0.25) is 0 Å². The van der Waals surface area contributed by atoms with E-state index < -0.39 is 0 Å². The van der Waals surface area contributed by atoms with Crippen LogP contribution >= 0.6 is 0 Å². The SMILES string of the molecule is CO[C@@]12CC[C@@H](O)C[C@@H]1N(Cc1nc(-c3ccncc3)no1)CC2. The molecule has 2 aliphatic rings. The predicted octanol–water partition coefficient (Wildman–Crippen LogP) is 1.64. The second-order valence-electron chi connectivity index (χ2n) is 6.68. The summed E-state index contributed by atoms with van der Waals surface area (Å²) in [5.74, 6) is 1.17. The maximum atomic E-state index is 10.1. The number of aliphatic hydroxyl groups is 1. The van der Waals surface area contributed by atoms with E-state index in [9.17, 15) is 5.11 Å². The zero-order valence-corrected chi connectivity index (χ0v) is 13.8. The molecule has 3 atom stereocenters. The van der Waals surface area contributed by atoms with Crippen LogP contribution in [-0.2, 0) is 11.3 Å². The fraction of sp³-hybridized carbons (Fsp3) is 0.588. The van der Waals surface area contributed by atoms with E-state index in [-0.39, 0.29) is 17.7 Å². The molecule has 0 aromatic carbocycles. The molecule has 0 amide bonds. The Kier molecular flexibility index (Phi) is 4.07. The van der Waals surface area contributed by atoms with Gasteiger partial charge in [-0.2, -0.15) is 4.98 Å². The quantitative estimate of drug-likeness (QED) is 0.912. The van der Waals surface area contributed by atoms with Gasteiger partial charge in [-0.15, -0.1) is 0 Å². The van der Waals surface area contributed by atoms with Crippen LogP contribution in [0.3, 0.4) is 0 Å². The zero-order chi connectivity index (χ0) is 16.6. The second kappa shape index (κ2) is 6.23. The van der Waals surface area contributed by atoms with Crippen LogP contribution in [0.1, 0.15) is 31.6 Å². The van der Waals surface area contributed by atoms with E-state index in [0.29, 0.717) is 18.3 Å². The average molecular weight is 330 g/mol. The first-order valence-corrected chi connectivity index (χ1v) is 8.40. The number of pyridine rings is 1. The summed E-state index contributed by atoms with van der Waals surface area (Å²) in [5, 5.41) is 14.1. The molecule has 7 nitrogen and oxygen atoms in total. The summed E-state index contributed by atoms with van der Waals surface area (Å²) in [4.78, 5) is 10.8. The topological polar surface area (TPSA) is 84.5 Å². The Balaban J connectivity index is 1.51. The van der Waals surface area contributed by atoms with Gasteiger partial charge in [0.25, 0.3) is 0 Å². The van der Waals surface area contributed by atoms with Gasteiger partial charge in [0, 0.05) is 37.7 Å². The standard InChI is InChI=1S/C17H22N4O3/c1-23-17-5-2-13(22)10-14(17)21(9-6-17)11-15-19-16(20-24-15)12-3-7-18-8-4-12/h3-4,7-8,13-14,22H,2,5-6,9-11H2,1H3/t13-,14+,17-/m1/s1. The van der Waals surface area contributed by atoms with Gasteiger partial charge >= 0.3 is 0 Å². The fourth-order valence-electron chi connectivity index (χ4n) is 4.07. The lowest BCUT2D eigenvalue weighted by Crippen LogP contribution is -2.51. The van der Waals surface area contributed by atoms with Gasteiger partial charge in [-0.05, 0) is 37.8 Å². The molecular formula is C17H22N4O3. The van der Waals surface area contributed by atoms with E-state index in [1.54, 1.807) is 19.5 Å². The largest absolute Gasteiger partial charge is 0.393 e. The minimum atomic E-state index is -0.256. The Morgan fingerprint density at radius 3 is 3.00 bits per heavy atom. The van der Waals surface area contributed by atoms with Crippen molar-refractivity contribution in [2.75, 3.05) is 13.7 Å². The minimum Gasteiger partial charge on any atom is -0.393 e. The Hall–Kier alpha value is -1.83. The summed E-state index contributed by atoms with van der Waals surface area (Å²) >= 11 is 0. The van der Waals surface area contributed by atoms with Crippen molar-refractivity contribution in [2.45, 2.75) is 50.0 Å². The molecule has 0 bridgehead atoms. The van der Waals surface area contributed by atoms with E-state index in [1.165, 1.54) is 0 Å². The minimum absolute atomic E-state index is 0.146. The number of hydrogen-bond acceptors (Lipinski definition) is 7. The number of likely N-dealkylation sites (tertiary alicyclic amines) is 1. The van der Waals surface area contributed by atoms with Crippen molar-refractivity contribution in [2.24, 2.45) is 0 Å². The van der Waals surface area contributed by atoms with Crippen LogP contribution in [0, 0.1) is 0 Å². The summed E-state index contributed by atoms with van der Waals surface area (Å²) in [6, 6.07) is 3.91. The van der Waals surface area contributed by atoms with Gasteiger partial charge in [-0.3, -0.25) is 9.88 Å². The van der Waals surface area contributed by atoms with E-state index >= 15 is 0 Å². The molecule has 4 rings (SSSR count). The summed E-state index contributed by atoms with van der Waals surface area (Å²) in [5.41, 5.74) is 0.744. The second-order valence-corrected chi connectivity index (χ2v) is 6.68. The van der Waals surface area contributed by atoms with Crippen LogP contribution in [0.15, 0.2) is 29.0 Å². The number of fused-ring (bicyclic) bond motifs is 1. The first-order chi connectivity index (χ1) is 11.7. The van der Waals surface area contributed by atoms with Crippen LogP contribution in [0.5, 0.6) is 0 Å². The van der Waals surface area contributed by atoms with Crippen LogP contribution < -0.4 is 0 Å². The molecule has 2 aromatic heterocycles. The highest BCUT2D eigenvalue weighted by molar-refractivity contribution is 5.52. The van der Waals surface area contributed by atoms with Crippen LogP contribution in [0.4, 0.5) is 0 Å². The Labute approximate surface area is 140 Å². The van der Waals surface area contributed by atoms with E-state index in [1.807, 2.05) is 12.1 Å². The average Bonchev–Trinajstić information content (AvgIpc) is 3.22. The number of rotatable bonds is 4. The van der Waals surface area contributed by atoms with Crippen molar-refractivity contribution in [3.63, 3.8) is 0 Å². The summed E-state index contributed by atoms with van der Waals surface area (Å²) in [7, 11) is 1.78. The van der Waals surface area contributed by atoms with E-state index in [0.717, 1.165) is 37.8 Å². The molecule has 2 fully saturated rings. The normalized spacial score (nSPS) is 30.4. The molecule has 1 N–H and O–H groups in total. The van der Waals surface area contributed by atoms with Crippen molar-refractivity contribution in [3.05, 3.63) is 30.4 Å². The number of nitrogens with zero attached hydrogens (tertiary/aromatic N) is 4. The number of hydrogen-bond donors (Lipinski definition) is 1. The lowest BCUT2D eigenvalue weighted by atomic mass is 9.79. The van der Waals surface area contributed by atoms with Crippen LogP contribution in [-0.4, -0.2) is 56.5 Å². The van der Waals surface area contributed by atoms with Gasteiger partial charge in [0.1, 0.15) is 0 Å². The Bertz CT molecular complexity index is 692. The van der Waals surface area contributed by atoms with Gasteiger partial charge in [0.05, 0.1) is 18.2 Å². The number of ether oxygens (including phenoxy) is 1. The number of methoxy groups -OCH3 is 1. The van der Waals surface area contributed by atoms with Crippen molar-refractivity contribution in [3.8, 4) is 11.4 Å². The molecule has 1 aliphatic heterocycles. The molecule has 0 unspecified atom stereocenters. The molecule has 1 aliphatic carbocycles. The molecule has 0 spiro atoms. The third-order valence-electron chi connectivity index (χ3n) is 5.42. The van der Waals surface area contributed by atoms with Gasteiger partial charge in [-0.25, -0.2) is 0 Å². The molecule has 7 heteroatoms. The lowest BCUT2D eigenvalue weighted by molar-refractivity contribution is -0.0887. The van der Waals surface area contributed by atoms with Gasteiger partial charge < -0.3 is 14.4 Å². The maximum Gasteiger partial charge on any atom is 0.241 e. The Morgan fingerprint density at radius 2 is 2.21 bits per heavy atom. The summed E-state index contributed by atoms with van der Waals surface area (Å²) in [6.07, 6.45) is 6.59. The third kappa shape index (κ3) is 2.72. The smallest absolute Gasteiger partial charge is 0.241 e. The van der Waals surface area contributed by atoms with Crippen molar-refractivity contribution in [1.82, 2.24) is 20.0 Å². The maximum absolute atomic E-state index is 10.1. The molecule has 2 aromatic rings. The number of aromatic nitrogens is 3. The Morgan fingerprint density at radius 1 is 1.38 bits per heavy atom. The molecular weight excluding hydrogens is 308 g/mol. The number of aliphatic hydroxyl groups excluding tert-OH is 1. The van der Waals surface area contributed by atoms with Crippen molar-refractivity contribution < 1.29 is 14.4 Å². The highest BCUT2D eigenvalue weighted by Gasteiger charge is 2.50. The molecule has 24 heavy (non-hydrogen) atoms. The first-order valence-electron chi connectivity index (χ1n) is 8.40. The molecule has 128 valence electrons. The fourth-order valence-corrected chi connectivity index (χ4v) is 4.07. The third-order valence-corrected chi connectivity index (χ3v) is 5.42. The zero-order valence-electron chi connectivity index (χ0n) is 13.8. The van der Waals surface area contributed by atoms with Crippen LogP contribution in [0.25, 0.3) is 11.4 Å². The summed E-state index contributed by atoms with van der Waals surface area (Å²) in [6.45, 7) is 1.50. The van der Waals surface area contributed by atoms with E-state index in [4.69, 9.17) is 9.26 Å². The lowest BCUT2D eigenvalue weighted by Gasteiger charge is -2.42. The van der Waals surface area contributed by atoms with Crippen molar-refractivity contribution >= 4 is 0 Å². The predicted molar refractivity (Wildman–Crippen MR) is 85.9 cm³/mol. The molecule has 0 radical (unpaired) electrons. The van der Waals surface area contributed by atoms with Crippen molar-refractivity contribution in [1.29, 1.82) is 0 Å². The highest BCUT2D eigenvalue weighted by atomic mass is 16.5.